The van der Waals surface area contributed by atoms with Crippen LogP contribution in [0.3, 0.4) is 0 Å². The highest BCUT2D eigenvalue weighted by Crippen LogP contribution is 2.22. The zero-order chi connectivity index (χ0) is 12.8. The molecule has 0 N–H and O–H groups in total. The molecule has 2 aromatic rings. The smallest absolute Gasteiger partial charge is 0.128 e. The fraction of sp³-hybridized carbons (Fsp3) is 0.133. The Balaban J connectivity index is 2.27. The summed E-state index contributed by atoms with van der Waals surface area (Å²) < 4.78 is 6.58. The van der Waals surface area contributed by atoms with Gasteiger partial charge in [0.1, 0.15) is 5.75 Å². The highest BCUT2D eigenvalue weighted by Gasteiger charge is 2.01. The zero-order valence-corrected chi connectivity index (χ0v) is 11.7. The minimum Gasteiger partial charge on any atom is -0.493 e. The maximum absolute atomic E-state index is 5.57. The van der Waals surface area contributed by atoms with Gasteiger partial charge < -0.3 is 4.74 Å². The summed E-state index contributed by atoms with van der Waals surface area (Å²) in [4.78, 5) is 4.43. The van der Waals surface area contributed by atoms with E-state index in [1.54, 1.807) is 0 Å². The van der Waals surface area contributed by atoms with Crippen molar-refractivity contribution < 1.29 is 4.74 Å². The summed E-state index contributed by atoms with van der Waals surface area (Å²) >= 11 is 3.46. The van der Waals surface area contributed by atoms with Crippen LogP contribution in [0.1, 0.15) is 12.5 Å². The number of hydrogen-bond donors (Lipinski definition) is 0. The van der Waals surface area contributed by atoms with Gasteiger partial charge in [0.15, 0.2) is 0 Å². The highest BCUT2D eigenvalue weighted by atomic mass is 79.9. The molecule has 0 fully saturated rings. The summed E-state index contributed by atoms with van der Waals surface area (Å²) in [5.41, 5.74) is 1.90. The number of aliphatic imine (C=N–C) groups is 1. The Labute approximate surface area is 115 Å². The summed E-state index contributed by atoms with van der Waals surface area (Å²) in [5, 5.41) is 0. The van der Waals surface area contributed by atoms with E-state index in [0.717, 1.165) is 21.5 Å². The summed E-state index contributed by atoms with van der Waals surface area (Å²) in [5.74, 6) is 0.848. The van der Waals surface area contributed by atoms with Crippen molar-refractivity contribution in [3.63, 3.8) is 0 Å². The lowest BCUT2D eigenvalue weighted by Gasteiger charge is -2.06. The van der Waals surface area contributed by atoms with Crippen molar-refractivity contribution in [2.75, 3.05) is 6.61 Å². The second-order valence-corrected chi connectivity index (χ2v) is 4.62. The molecule has 0 aromatic heterocycles. The first-order valence-corrected chi connectivity index (χ1v) is 6.60. The average molecular weight is 304 g/mol. The van der Waals surface area contributed by atoms with E-state index in [4.69, 9.17) is 4.74 Å². The second kappa shape index (κ2) is 6.36. The second-order valence-electron chi connectivity index (χ2n) is 3.71. The molecule has 18 heavy (non-hydrogen) atoms. The summed E-state index contributed by atoms with van der Waals surface area (Å²) in [6.07, 6.45) is 1.82. The number of ether oxygens (including phenoxy) is 1. The molecule has 0 bridgehead atoms. The minimum atomic E-state index is 0.647. The summed E-state index contributed by atoms with van der Waals surface area (Å²) in [6, 6.07) is 15.8. The predicted octanol–water partition coefficient (Wildman–Crippen LogP) is 4.60. The third-order valence-corrected chi connectivity index (χ3v) is 2.87. The maximum Gasteiger partial charge on any atom is 0.128 e. The van der Waals surface area contributed by atoms with Crippen LogP contribution in [0, 0.1) is 0 Å². The van der Waals surface area contributed by atoms with Gasteiger partial charge in [-0.25, -0.2) is 0 Å². The molecule has 0 aliphatic rings. The van der Waals surface area contributed by atoms with Crippen LogP contribution in [-0.2, 0) is 0 Å². The Morgan fingerprint density at radius 3 is 2.67 bits per heavy atom. The summed E-state index contributed by atoms with van der Waals surface area (Å²) in [7, 11) is 0. The van der Waals surface area contributed by atoms with Crippen LogP contribution in [0.25, 0.3) is 0 Å². The van der Waals surface area contributed by atoms with Gasteiger partial charge in [-0.15, -0.1) is 0 Å². The third kappa shape index (κ3) is 3.44. The van der Waals surface area contributed by atoms with Gasteiger partial charge in [0.25, 0.3) is 0 Å². The molecule has 2 aromatic carbocycles. The normalized spacial score (nSPS) is 10.8. The first kappa shape index (κ1) is 12.8. The van der Waals surface area contributed by atoms with E-state index in [-0.39, 0.29) is 0 Å². The van der Waals surface area contributed by atoms with Gasteiger partial charge in [-0.05, 0) is 37.3 Å². The molecule has 0 aliphatic carbocycles. The first-order valence-electron chi connectivity index (χ1n) is 5.81. The molecule has 0 atom stereocenters. The lowest BCUT2D eigenvalue weighted by Crippen LogP contribution is -1.95. The van der Waals surface area contributed by atoms with Gasteiger partial charge in [0, 0.05) is 16.3 Å². The topological polar surface area (TPSA) is 21.6 Å². The monoisotopic (exact) mass is 303 g/mol. The highest BCUT2D eigenvalue weighted by molar-refractivity contribution is 9.10. The number of para-hydroxylation sites is 1. The van der Waals surface area contributed by atoms with Gasteiger partial charge in [-0.3, -0.25) is 4.99 Å². The zero-order valence-electron chi connectivity index (χ0n) is 10.1. The Bertz CT molecular complexity index is 537. The lowest BCUT2D eigenvalue weighted by molar-refractivity contribution is 0.339. The van der Waals surface area contributed by atoms with E-state index in [9.17, 15) is 0 Å². The average Bonchev–Trinajstić information content (AvgIpc) is 2.40. The van der Waals surface area contributed by atoms with Crippen molar-refractivity contribution in [2.45, 2.75) is 6.92 Å². The number of benzene rings is 2. The van der Waals surface area contributed by atoms with Gasteiger partial charge >= 0.3 is 0 Å². The Morgan fingerprint density at radius 2 is 1.94 bits per heavy atom. The van der Waals surface area contributed by atoms with Crippen molar-refractivity contribution in [1.29, 1.82) is 0 Å². The van der Waals surface area contributed by atoms with Crippen LogP contribution in [0.4, 0.5) is 5.69 Å². The Kier molecular flexibility index (Phi) is 4.53. The molecule has 2 rings (SSSR count). The molecule has 92 valence electrons. The molecule has 3 heteroatoms. The van der Waals surface area contributed by atoms with Crippen molar-refractivity contribution in [3.8, 4) is 5.75 Å². The van der Waals surface area contributed by atoms with Crippen molar-refractivity contribution >= 4 is 27.8 Å². The van der Waals surface area contributed by atoms with Crippen molar-refractivity contribution in [2.24, 2.45) is 4.99 Å². The molecule has 0 spiro atoms. The number of rotatable bonds is 4. The maximum atomic E-state index is 5.57. The van der Waals surface area contributed by atoms with Crippen LogP contribution in [0.15, 0.2) is 58.0 Å². The molecule has 0 saturated heterocycles. The van der Waals surface area contributed by atoms with E-state index in [1.807, 2.05) is 61.7 Å². The molecule has 0 saturated carbocycles. The quantitative estimate of drug-likeness (QED) is 0.757. The minimum absolute atomic E-state index is 0.647. The number of nitrogens with zero attached hydrogens (tertiary/aromatic N) is 1. The van der Waals surface area contributed by atoms with E-state index in [1.165, 1.54) is 0 Å². The van der Waals surface area contributed by atoms with E-state index in [0.29, 0.717) is 6.61 Å². The molecule has 0 unspecified atom stereocenters. The molecule has 2 nitrogen and oxygen atoms in total. The molecule has 0 aliphatic heterocycles. The van der Waals surface area contributed by atoms with Crippen molar-refractivity contribution in [1.82, 2.24) is 0 Å². The summed E-state index contributed by atoms with van der Waals surface area (Å²) in [6.45, 7) is 2.62. The molecular weight excluding hydrogens is 290 g/mol. The van der Waals surface area contributed by atoms with E-state index in [2.05, 4.69) is 20.9 Å². The largest absolute Gasteiger partial charge is 0.493 e. The van der Waals surface area contributed by atoms with Crippen LogP contribution < -0.4 is 4.74 Å². The predicted molar refractivity (Wildman–Crippen MR) is 79.0 cm³/mol. The molecule has 0 amide bonds. The van der Waals surface area contributed by atoms with Crippen LogP contribution in [-0.4, -0.2) is 12.8 Å². The number of halogens is 1. The number of hydrogen-bond acceptors (Lipinski definition) is 2. The Morgan fingerprint density at radius 1 is 1.17 bits per heavy atom. The SMILES string of the molecule is CCOc1ccc(Br)cc1C=Nc1ccccc1. The van der Waals surface area contributed by atoms with Gasteiger partial charge in [0.05, 0.1) is 12.3 Å². The van der Waals surface area contributed by atoms with Gasteiger partial charge in [-0.2, -0.15) is 0 Å². The van der Waals surface area contributed by atoms with Crippen LogP contribution >= 0.6 is 15.9 Å². The third-order valence-electron chi connectivity index (χ3n) is 2.38. The lowest BCUT2D eigenvalue weighted by atomic mass is 10.2. The fourth-order valence-corrected chi connectivity index (χ4v) is 1.94. The van der Waals surface area contributed by atoms with Crippen LogP contribution in [0.5, 0.6) is 5.75 Å². The molecule has 0 heterocycles. The molecule has 0 radical (unpaired) electrons. The van der Waals surface area contributed by atoms with Crippen LogP contribution in [0.2, 0.25) is 0 Å². The van der Waals surface area contributed by atoms with E-state index < -0.39 is 0 Å². The van der Waals surface area contributed by atoms with E-state index >= 15 is 0 Å². The first-order chi connectivity index (χ1) is 8.79. The van der Waals surface area contributed by atoms with Gasteiger partial charge in [0.2, 0.25) is 0 Å². The van der Waals surface area contributed by atoms with Crippen molar-refractivity contribution in [3.05, 3.63) is 58.6 Å². The Hall–Kier alpha value is -1.61. The fourth-order valence-electron chi connectivity index (χ4n) is 1.57. The van der Waals surface area contributed by atoms with Gasteiger partial charge in [-0.1, -0.05) is 34.1 Å². The molecular formula is C15H14BrNO. The standard InChI is InChI=1S/C15H14BrNO/c1-2-18-15-9-8-13(16)10-12(15)11-17-14-6-4-3-5-7-14/h3-11H,2H2,1H3.